The quantitative estimate of drug-likeness (QED) is 0.421. The Kier molecular flexibility index (Phi) is 9.02. The van der Waals surface area contributed by atoms with Crippen molar-refractivity contribution < 1.29 is 19.1 Å². The number of hydrogen-bond donors (Lipinski definition) is 3. The van der Waals surface area contributed by atoms with Gasteiger partial charge in [-0.15, -0.1) is 0 Å². The molecule has 9 heteroatoms. The number of nitrogens with zero attached hydrogens (tertiary/aromatic N) is 1. The number of rotatable bonds is 6. The SMILES string of the molecule is CN[C@@H](C)C(=O)N[C@H]1CCNCCOc2ccccc2N(Cc2c(OC)ccc3cc(Br)ccc23)C1=O. The number of fused-ring (bicyclic) bond motifs is 2. The molecule has 4 rings (SSSR count). The van der Waals surface area contributed by atoms with Crippen LogP contribution in [0, 0.1) is 0 Å². The van der Waals surface area contributed by atoms with Crippen molar-refractivity contribution in [1.82, 2.24) is 16.0 Å². The number of amides is 2. The van der Waals surface area contributed by atoms with Gasteiger partial charge in [-0.1, -0.05) is 40.2 Å². The lowest BCUT2D eigenvalue weighted by molar-refractivity contribution is -0.128. The van der Waals surface area contributed by atoms with E-state index >= 15 is 0 Å². The van der Waals surface area contributed by atoms with Gasteiger partial charge in [-0.2, -0.15) is 0 Å². The molecule has 0 fully saturated rings. The van der Waals surface area contributed by atoms with Crippen LogP contribution in [-0.4, -0.2) is 57.8 Å². The molecule has 2 amide bonds. The maximum Gasteiger partial charge on any atom is 0.250 e. The second-order valence-electron chi connectivity index (χ2n) is 8.96. The Labute approximate surface area is 225 Å². The molecular formula is C28H33BrN4O4. The first-order valence-corrected chi connectivity index (χ1v) is 13.2. The Morgan fingerprint density at radius 1 is 1.22 bits per heavy atom. The maximum atomic E-state index is 14.2. The fraction of sp³-hybridized carbons (Fsp3) is 0.357. The molecule has 0 spiro atoms. The molecule has 0 saturated heterocycles. The van der Waals surface area contributed by atoms with Crippen molar-refractivity contribution in [3.8, 4) is 11.5 Å². The molecule has 0 bridgehead atoms. The van der Waals surface area contributed by atoms with Gasteiger partial charge in [0, 0.05) is 16.6 Å². The summed E-state index contributed by atoms with van der Waals surface area (Å²) in [6.45, 7) is 3.65. The van der Waals surface area contributed by atoms with Gasteiger partial charge in [-0.3, -0.25) is 9.59 Å². The summed E-state index contributed by atoms with van der Waals surface area (Å²) in [5.41, 5.74) is 1.52. The van der Waals surface area contributed by atoms with Crippen molar-refractivity contribution >= 4 is 44.2 Å². The number of nitrogens with one attached hydrogen (secondary N) is 3. The summed E-state index contributed by atoms with van der Waals surface area (Å²) < 4.78 is 12.8. The molecule has 3 N–H and O–H groups in total. The van der Waals surface area contributed by atoms with Gasteiger partial charge >= 0.3 is 0 Å². The van der Waals surface area contributed by atoms with Gasteiger partial charge < -0.3 is 30.3 Å². The van der Waals surface area contributed by atoms with E-state index in [-0.39, 0.29) is 18.4 Å². The molecule has 1 aliphatic rings. The lowest BCUT2D eigenvalue weighted by atomic mass is 10.0. The number of carbonyl (C=O) groups is 2. The number of benzene rings is 3. The number of likely N-dealkylation sites (N-methyl/N-ethyl adjacent to an activating group) is 1. The average Bonchev–Trinajstić information content (AvgIpc) is 2.94. The van der Waals surface area contributed by atoms with Crippen LogP contribution >= 0.6 is 15.9 Å². The molecule has 8 nitrogen and oxygen atoms in total. The summed E-state index contributed by atoms with van der Waals surface area (Å²) >= 11 is 3.55. The first-order chi connectivity index (χ1) is 17.9. The van der Waals surface area contributed by atoms with E-state index in [1.54, 1.807) is 26.0 Å². The van der Waals surface area contributed by atoms with Gasteiger partial charge in [0.15, 0.2) is 0 Å². The number of halogens is 1. The van der Waals surface area contributed by atoms with Crippen LogP contribution in [0.2, 0.25) is 0 Å². The number of carbonyl (C=O) groups excluding carboxylic acids is 2. The minimum absolute atomic E-state index is 0.215. The van der Waals surface area contributed by atoms with E-state index in [0.29, 0.717) is 43.3 Å². The van der Waals surface area contributed by atoms with Crippen molar-refractivity contribution in [1.29, 1.82) is 0 Å². The molecule has 2 atom stereocenters. The van der Waals surface area contributed by atoms with Crippen LogP contribution < -0.4 is 30.3 Å². The molecule has 0 radical (unpaired) electrons. The molecule has 37 heavy (non-hydrogen) atoms. The Balaban J connectivity index is 1.82. The summed E-state index contributed by atoms with van der Waals surface area (Å²) in [6, 6.07) is 16.3. The summed E-state index contributed by atoms with van der Waals surface area (Å²) in [5.74, 6) is 0.844. The fourth-order valence-corrected chi connectivity index (χ4v) is 4.80. The third-order valence-corrected chi connectivity index (χ3v) is 7.09. The van der Waals surface area contributed by atoms with Gasteiger partial charge in [-0.05, 0) is 68.0 Å². The predicted molar refractivity (Wildman–Crippen MR) is 149 cm³/mol. The van der Waals surface area contributed by atoms with Crippen LogP contribution in [-0.2, 0) is 16.1 Å². The van der Waals surface area contributed by atoms with Crippen LogP contribution in [0.1, 0.15) is 18.9 Å². The van der Waals surface area contributed by atoms with Crippen LogP contribution in [0.25, 0.3) is 10.8 Å². The predicted octanol–water partition coefficient (Wildman–Crippen LogP) is 3.61. The van der Waals surface area contributed by atoms with E-state index in [2.05, 4.69) is 31.9 Å². The zero-order chi connectivity index (χ0) is 26.4. The average molecular weight is 570 g/mol. The van der Waals surface area contributed by atoms with Crippen molar-refractivity contribution in [2.75, 3.05) is 38.8 Å². The smallest absolute Gasteiger partial charge is 0.250 e. The number of methoxy groups -OCH3 is 1. The van der Waals surface area contributed by atoms with Crippen molar-refractivity contribution in [3.05, 3.63) is 64.6 Å². The molecule has 3 aromatic rings. The number of hydrogen-bond acceptors (Lipinski definition) is 6. The van der Waals surface area contributed by atoms with Crippen LogP contribution in [0.3, 0.4) is 0 Å². The normalized spacial score (nSPS) is 17.4. The molecule has 0 aliphatic carbocycles. The number of para-hydroxylation sites is 2. The monoisotopic (exact) mass is 568 g/mol. The van der Waals surface area contributed by atoms with Crippen molar-refractivity contribution in [3.63, 3.8) is 0 Å². The van der Waals surface area contributed by atoms with Gasteiger partial charge in [0.1, 0.15) is 24.1 Å². The van der Waals surface area contributed by atoms with E-state index in [1.165, 1.54) is 0 Å². The highest BCUT2D eigenvalue weighted by atomic mass is 79.9. The Hall–Kier alpha value is -3.14. The van der Waals surface area contributed by atoms with E-state index in [9.17, 15) is 9.59 Å². The van der Waals surface area contributed by atoms with Gasteiger partial charge in [-0.25, -0.2) is 0 Å². The summed E-state index contributed by atoms with van der Waals surface area (Å²) in [7, 11) is 3.35. The Bertz CT molecular complexity index is 1270. The highest BCUT2D eigenvalue weighted by Crippen LogP contribution is 2.35. The third-order valence-electron chi connectivity index (χ3n) is 6.60. The number of ether oxygens (including phenoxy) is 2. The van der Waals surface area contributed by atoms with E-state index in [1.807, 2.05) is 54.6 Å². The van der Waals surface area contributed by atoms with Gasteiger partial charge in [0.2, 0.25) is 11.8 Å². The zero-order valence-electron chi connectivity index (χ0n) is 21.3. The third kappa shape index (κ3) is 6.23. The zero-order valence-corrected chi connectivity index (χ0v) is 22.9. The van der Waals surface area contributed by atoms with Crippen molar-refractivity contribution in [2.24, 2.45) is 0 Å². The highest BCUT2D eigenvalue weighted by molar-refractivity contribution is 9.10. The van der Waals surface area contributed by atoms with E-state index in [4.69, 9.17) is 9.47 Å². The molecular weight excluding hydrogens is 536 g/mol. The van der Waals surface area contributed by atoms with Gasteiger partial charge in [0.05, 0.1) is 25.4 Å². The molecule has 1 heterocycles. The summed E-state index contributed by atoms with van der Waals surface area (Å²) in [4.78, 5) is 28.8. The Morgan fingerprint density at radius 2 is 2.03 bits per heavy atom. The van der Waals surface area contributed by atoms with Crippen molar-refractivity contribution in [2.45, 2.75) is 32.0 Å². The molecule has 0 aromatic heterocycles. The van der Waals surface area contributed by atoms with E-state index < -0.39 is 12.1 Å². The minimum atomic E-state index is -0.725. The maximum absolute atomic E-state index is 14.2. The fourth-order valence-electron chi connectivity index (χ4n) is 4.42. The lowest BCUT2D eigenvalue weighted by Gasteiger charge is -2.30. The molecule has 0 unspecified atom stereocenters. The molecule has 1 aliphatic heterocycles. The lowest BCUT2D eigenvalue weighted by Crippen LogP contribution is -2.53. The van der Waals surface area contributed by atoms with E-state index in [0.717, 1.165) is 20.8 Å². The summed E-state index contributed by atoms with van der Waals surface area (Å²) in [5, 5.41) is 11.2. The first-order valence-electron chi connectivity index (χ1n) is 12.4. The van der Waals surface area contributed by atoms with Gasteiger partial charge in [0.25, 0.3) is 0 Å². The van der Waals surface area contributed by atoms with Crippen LogP contribution in [0.4, 0.5) is 5.69 Å². The standard InChI is InChI=1S/C28H33BrN4O4/c1-18(30-2)27(34)32-23-12-13-31-14-15-37-26-7-5-4-6-24(26)33(28(23)35)17-22-21-10-9-20(29)16-19(21)8-11-25(22)36-3/h4-11,16,18,23,30-31H,12-15,17H2,1-3H3,(H,32,34)/t18-,23-/m0/s1. The topological polar surface area (TPSA) is 91.9 Å². The number of anilines is 1. The Morgan fingerprint density at radius 3 is 2.81 bits per heavy atom. The first kappa shape index (κ1) is 26.9. The second kappa shape index (κ2) is 12.4. The van der Waals surface area contributed by atoms with Crippen LogP contribution in [0.15, 0.2) is 59.1 Å². The molecule has 0 saturated carbocycles. The minimum Gasteiger partial charge on any atom is -0.496 e. The molecule has 3 aromatic carbocycles. The second-order valence-corrected chi connectivity index (χ2v) is 9.88. The molecule has 196 valence electrons. The largest absolute Gasteiger partial charge is 0.496 e. The highest BCUT2D eigenvalue weighted by Gasteiger charge is 2.31. The van der Waals surface area contributed by atoms with Crippen LogP contribution in [0.5, 0.6) is 11.5 Å². The summed E-state index contributed by atoms with van der Waals surface area (Å²) in [6.07, 6.45) is 0.444.